The van der Waals surface area contributed by atoms with Crippen molar-refractivity contribution in [1.82, 2.24) is 9.55 Å². The highest BCUT2D eigenvalue weighted by molar-refractivity contribution is 5.07. The largest absolute Gasteiger partial charge is 0.326 e. The van der Waals surface area contributed by atoms with Crippen molar-refractivity contribution in [1.29, 1.82) is 0 Å². The molecule has 1 aromatic heterocycles. The quantitative estimate of drug-likeness (QED) is 0.687. The van der Waals surface area contributed by atoms with E-state index < -0.39 is 0 Å². The van der Waals surface area contributed by atoms with E-state index in [2.05, 4.69) is 4.98 Å². The van der Waals surface area contributed by atoms with Gasteiger partial charge in [0.1, 0.15) is 5.82 Å². The molecule has 14 heavy (non-hydrogen) atoms. The lowest BCUT2D eigenvalue weighted by atomic mass is 10.1. The SMILES string of the molecule is CCc1cc(=O)n2c(n1)CCC(N)C2. The van der Waals surface area contributed by atoms with Crippen LogP contribution in [0.25, 0.3) is 0 Å². The van der Waals surface area contributed by atoms with Crippen LogP contribution in [0.4, 0.5) is 0 Å². The van der Waals surface area contributed by atoms with Gasteiger partial charge in [0.25, 0.3) is 5.56 Å². The molecule has 4 heteroatoms. The van der Waals surface area contributed by atoms with Crippen LogP contribution in [0.3, 0.4) is 0 Å². The number of fused-ring (bicyclic) bond motifs is 1. The first-order valence-corrected chi connectivity index (χ1v) is 5.06. The highest BCUT2D eigenvalue weighted by Gasteiger charge is 2.17. The van der Waals surface area contributed by atoms with Crippen LogP contribution in [0.2, 0.25) is 0 Å². The fraction of sp³-hybridized carbons (Fsp3) is 0.600. The van der Waals surface area contributed by atoms with Crippen molar-refractivity contribution in [3.05, 3.63) is 27.9 Å². The molecule has 76 valence electrons. The molecule has 0 radical (unpaired) electrons. The second-order valence-corrected chi connectivity index (χ2v) is 3.76. The highest BCUT2D eigenvalue weighted by atomic mass is 16.1. The molecule has 0 aliphatic carbocycles. The minimum atomic E-state index is 0.0435. The molecule has 0 amide bonds. The predicted octanol–water partition coefficient (Wildman–Crippen LogP) is 0.0792. The summed E-state index contributed by atoms with van der Waals surface area (Å²) in [4.78, 5) is 16.1. The Labute approximate surface area is 82.8 Å². The zero-order valence-corrected chi connectivity index (χ0v) is 8.36. The normalized spacial score (nSPS) is 20.6. The monoisotopic (exact) mass is 193 g/mol. The smallest absolute Gasteiger partial charge is 0.253 e. The molecule has 1 aromatic rings. The van der Waals surface area contributed by atoms with Gasteiger partial charge in [-0.1, -0.05) is 6.92 Å². The fourth-order valence-corrected chi connectivity index (χ4v) is 1.81. The third-order valence-corrected chi connectivity index (χ3v) is 2.66. The Morgan fingerprint density at radius 2 is 2.50 bits per heavy atom. The maximum Gasteiger partial charge on any atom is 0.253 e. The minimum Gasteiger partial charge on any atom is -0.326 e. The average molecular weight is 193 g/mol. The van der Waals surface area contributed by atoms with Gasteiger partial charge in [-0.05, 0) is 12.8 Å². The Morgan fingerprint density at radius 1 is 1.71 bits per heavy atom. The first-order chi connectivity index (χ1) is 6.70. The van der Waals surface area contributed by atoms with Crippen LogP contribution < -0.4 is 11.3 Å². The van der Waals surface area contributed by atoms with Crippen molar-refractivity contribution in [3.63, 3.8) is 0 Å². The summed E-state index contributed by atoms with van der Waals surface area (Å²) in [5, 5.41) is 0. The number of rotatable bonds is 1. The lowest BCUT2D eigenvalue weighted by Crippen LogP contribution is -2.39. The molecule has 4 nitrogen and oxygen atoms in total. The summed E-state index contributed by atoms with van der Waals surface area (Å²) >= 11 is 0. The highest BCUT2D eigenvalue weighted by Crippen LogP contribution is 2.09. The van der Waals surface area contributed by atoms with E-state index in [1.807, 2.05) is 6.92 Å². The van der Waals surface area contributed by atoms with Gasteiger partial charge in [-0.3, -0.25) is 9.36 Å². The van der Waals surface area contributed by atoms with Gasteiger partial charge in [-0.15, -0.1) is 0 Å². The second-order valence-electron chi connectivity index (χ2n) is 3.76. The number of hydrogen-bond acceptors (Lipinski definition) is 3. The van der Waals surface area contributed by atoms with E-state index in [4.69, 9.17) is 5.73 Å². The zero-order chi connectivity index (χ0) is 10.1. The maximum atomic E-state index is 11.7. The average Bonchev–Trinajstić information content (AvgIpc) is 2.19. The lowest BCUT2D eigenvalue weighted by molar-refractivity contribution is 0.432. The molecule has 1 aliphatic rings. The van der Waals surface area contributed by atoms with Crippen molar-refractivity contribution in [2.75, 3.05) is 0 Å². The Balaban J connectivity index is 2.48. The maximum absolute atomic E-state index is 11.7. The van der Waals surface area contributed by atoms with Crippen molar-refractivity contribution >= 4 is 0 Å². The number of hydrogen-bond donors (Lipinski definition) is 1. The molecule has 0 fully saturated rings. The summed E-state index contributed by atoms with van der Waals surface area (Å²) in [6, 6.07) is 1.72. The van der Waals surface area contributed by atoms with Crippen molar-refractivity contribution < 1.29 is 0 Å². The van der Waals surface area contributed by atoms with Crippen LogP contribution in [-0.2, 0) is 19.4 Å². The topological polar surface area (TPSA) is 60.9 Å². The summed E-state index contributed by atoms with van der Waals surface area (Å²) in [5.74, 6) is 0.899. The Hall–Kier alpha value is -1.16. The summed E-state index contributed by atoms with van der Waals surface area (Å²) in [6.07, 6.45) is 2.57. The molecule has 0 bridgehead atoms. The number of nitrogens with zero attached hydrogens (tertiary/aromatic N) is 2. The van der Waals surface area contributed by atoms with E-state index in [1.54, 1.807) is 10.6 Å². The van der Waals surface area contributed by atoms with Gasteiger partial charge < -0.3 is 5.73 Å². The van der Waals surface area contributed by atoms with E-state index >= 15 is 0 Å². The molecule has 2 rings (SSSR count). The summed E-state index contributed by atoms with van der Waals surface area (Å²) < 4.78 is 1.70. The Bertz CT molecular complexity index is 397. The molecular formula is C10H15N3O. The lowest BCUT2D eigenvalue weighted by Gasteiger charge is -2.22. The van der Waals surface area contributed by atoms with Crippen LogP contribution in [0.1, 0.15) is 24.9 Å². The van der Waals surface area contributed by atoms with Crippen molar-refractivity contribution in [2.24, 2.45) is 5.73 Å². The molecule has 1 aliphatic heterocycles. The minimum absolute atomic E-state index is 0.0435. The van der Waals surface area contributed by atoms with Crippen LogP contribution >= 0.6 is 0 Å². The molecule has 0 saturated carbocycles. The molecule has 2 heterocycles. The molecule has 1 atom stereocenters. The van der Waals surface area contributed by atoms with Gasteiger partial charge in [0.15, 0.2) is 0 Å². The molecule has 0 spiro atoms. The van der Waals surface area contributed by atoms with E-state index in [9.17, 15) is 4.79 Å². The number of nitrogens with two attached hydrogens (primary N) is 1. The van der Waals surface area contributed by atoms with E-state index in [-0.39, 0.29) is 11.6 Å². The molecule has 0 aromatic carbocycles. The van der Waals surface area contributed by atoms with Crippen LogP contribution in [0, 0.1) is 0 Å². The third kappa shape index (κ3) is 1.57. The Kier molecular flexibility index (Phi) is 2.37. The van der Waals surface area contributed by atoms with Gasteiger partial charge in [-0.25, -0.2) is 4.98 Å². The van der Waals surface area contributed by atoms with Gasteiger partial charge in [-0.2, -0.15) is 0 Å². The number of aromatic nitrogens is 2. The van der Waals surface area contributed by atoms with E-state index in [1.165, 1.54) is 0 Å². The van der Waals surface area contributed by atoms with Crippen molar-refractivity contribution in [3.8, 4) is 0 Å². The summed E-state index contributed by atoms with van der Waals surface area (Å²) in [5.41, 5.74) is 6.73. The first-order valence-electron chi connectivity index (χ1n) is 5.06. The molecule has 2 N–H and O–H groups in total. The third-order valence-electron chi connectivity index (χ3n) is 2.66. The standard InChI is InChI=1S/C10H15N3O/c1-2-8-5-10(14)13-6-7(11)3-4-9(13)12-8/h5,7H,2-4,6,11H2,1H3. The van der Waals surface area contributed by atoms with Crippen molar-refractivity contribution in [2.45, 2.75) is 38.8 Å². The molecule has 1 unspecified atom stereocenters. The first kappa shape index (κ1) is 9.40. The zero-order valence-electron chi connectivity index (χ0n) is 8.36. The van der Waals surface area contributed by atoms with Gasteiger partial charge in [0.2, 0.25) is 0 Å². The van der Waals surface area contributed by atoms with E-state index in [0.29, 0.717) is 6.54 Å². The number of aryl methyl sites for hydroxylation is 2. The fourth-order valence-electron chi connectivity index (χ4n) is 1.81. The summed E-state index contributed by atoms with van der Waals surface area (Å²) in [6.45, 7) is 2.62. The molecular weight excluding hydrogens is 178 g/mol. The van der Waals surface area contributed by atoms with Crippen LogP contribution in [0.15, 0.2) is 10.9 Å². The van der Waals surface area contributed by atoms with Gasteiger partial charge in [0, 0.05) is 30.8 Å². The second kappa shape index (κ2) is 3.53. The van der Waals surface area contributed by atoms with Crippen LogP contribution in [0.5, 0.6) is 0 Å². The van der Waals surface area contributed by atoms with Crippen LogP contribution in [-0.4, -0.2) is 15.6 Å². The predicted molar refractivity (Wildman–Crippen MR) is 54.2 cm³/mol. The van der Waals surface area contributed by atoms with E-state index in [0.717, 1.165) is 30.8 Å². The van der Waals surface area contributed by atoms with Gasteiger partial charge >= 0.3 is 0 Å². The Morgan fingerprint density at radius 3 is 3.21 bits per heavy atom. The summed E-state index contributed by atoms with van der Waals surface area (Å²) in [7, 11) is 0. The molecule has 0 saturated heterocycles. The van der Waals surface area contributed by atoms with Gasteiger partial charge in [0.05, 0.1) is 0 Å².